The van der Waals surface area contributed by atoms with Crippen LogP contribution in [-0.4, -0.2) is 9.38 Å². The predicted octanol–water partition coefficient (Wildman–Crippen LogP) is 4.61. The van der Waals surface area contributed by atoms with Crippen LogP contribution in [0.15, 0.2) is 51.7 Å². The van der Waals surface area contributed by atoms with Crippen molar-refractivity contribution in [3.05, 3.63) is 85.9 Å². The van der Waals surface area contributed by atoms with E-state index in [1.54, 1.807) is 22.6 Å². The van der Waals surface area contributed by atoms with Crippen LogP contribution in [0.4, 0.5) is 8.78 Å². The molecule has 2 aromatic carbocycles. The maximum atomic E-state index is 14.0. The number of rotatable bonds is 2. The van der Waals surface area contributed by atoms with Crippen molar-refractivity contribution in [3.8, 4) is 11.3 Å². The van der Waals surface area contributed by atoms with Crippen LogP contribution in [0.3, 0.4) is 0 Å². The number of aryl methyl sites for hydroxylation is 2. The molecule has 5 rings (SSSR count). The van der Waals surface area contributed by atoms with Crippen LogP contribution in [-0.2, 0) is 0 Å². The molecule has 0 saturated heterocycles. The third kappa shape index (κ3) is 2.86. The maximum absolute atomic E-state index is 14.0. The van der Waals surface area contributed by atoms with Gasteiger partial charge >= 0.3 is 0 Å². The lowest BCUT2D eigenvalue weighted by Gasteiger charge is -1.99. The molecule has 0 saturated carbocycles. The Labute approximate surface area is 167 Å². The van der Waals surface area contributed by atoms with Crippen LogP contribution in [0.1, 0.15) is 16.9 Å². The normalized spacial score (nSPS) is 12.5. The fraction of sp³-hybridized carbons (Fsp3) is 0.0909. The van der Waals surface area contributed by atoms with Crippen LogP contribution >= 0.6 is 11.3 Å². The number of hydrogen-bond acceptors (Lipinski definition) is 4. The number of nitrogens with zero attached hydrogens (tertiary/aromatic N) is 2. The molecule has 0 spiro atoms. The average molecular weight is 408 g/mol. The Morgan fingerprint density at radius 3 is 2.66 bits per heavy atom. The molecule has 0 unspecified atom stereocenters. The summed E-state index contributed by atoms with van der Waals surface area (Å²) in [7, 11) is 0. The number of furan rings is 1. The minimum atomic E-state index is -0.706. The van der Waals surface area contributed by atoms with Gasteiger partial charge in [0.25, 0.3) is 5.56 Å². The molecule has 5 aromatic rings. The third-order valence-electron chi connectivity index (χ3n) is 4.95. The summed E-state index contributed by atoms with van der Waals surface area (Å²) in [5.41, 5.74) is 3.76. The Hall–Kier alpha value is -3.32. The second kappa shape index (κ2) is 6.35. The lowest BCUT2D eigenvalue weighted by atomic mass is 10.1. The minimum Gasteiger partial charge on any atom is -0.457 e. The van der Waals surface area contributed by atoms with Crippen LogP contribution in [0.25, 0.3) is 33.4 Å². The van der Waals surface area contributed by atoms with Gasteiger partial charge in [0.1, 0.15) is 27.7 Å². The van der Waals surface area contributed by atoms with Crippen molar-refractivity contribution in [2.75, 3.05) is 0 Å². The van der Waals surface area contributed by atoms with E-state index >= 15 is 0 Å². The first-order valence-electron chi connectivity index (χ1n) is 8.90. The zero-order valence-electron chi connectivity index (χ0n) is 15.5. The number of aromatic nitrogens is 2. The molecule has 0 aliphatic rings. The van der Waals surface area contributed by atoms with Gasteiger partial charge in [-0.05, 0) is 61.4 Å². The Kier molecular flexibility index (Phi) is 3.89. The minimum absolute atomic E-state index is 0.159. The van der Waals surface area contributed by atoms with E-state index in [0.29, 0.717) is 15.3 Å². The van der Waals surface area contributed by atoms with Gasteiger partial charge in [-0.3, -0.25) is 4.79 Å². The molecule has 0 atom stereocenters. The quantitative estimate of drug-likeness (QED) is 0.429. The molecular weight excluding hydrogens is 394 g/mol. The standard InChI is InChI=1S/C22H14F2N2O2S/c1-11-7-17-18(8-12(11)2)26-21(27)20(29-22(26)25-17)10-14-4-6-19(28-14)15-5-3-13(23)9-16(15)24/h3-10H,1-2H3/b20-10+. The fourth-order valence-corrected chi connectivity index (χ4v) is 4.28. The van der Waals surface area contributed by atoms with Crippen LogP contribution in [0.5, 0.6) is 0 Å². The molecule has 0 amide bonds. The summed E-state index contributed by atoms with van der Waals surface area (Å²) in [5.74, 6) is -0.692. The highest BCUT2D eigenvalue weighted by Crippen LogP contribution is 2.26. The third-order valence-corrected chi connectivity index (χ3v) is 5.92. The monoisotopic (exact) mass is 408 g/mol. The van der Waals surface area contributed by atoms with Gasteiger partial charge in [0, 0.05) is 12.1 Å². The van der Waals surface area contributed by atoms with E-state index in [0.717, 1.165) is 28.2 Å². The molecule has 4 nitrogen and oxygen atoms in total. The van der Waals surface area contributed by atoms with Crippen molar-refractivity contribution in [2.24, 2.45) is 0 Å². The highest BCUT2D eigenvalue weighted by atomic mass is 32.1. The second-order valence-corrected chi connectivity index (χ2v) is 7.91. The van der Waals surface area contributed by atoms with Gasteiger partial charge in [-0.15, -0.1) is 0 Å². The number of imidazole rings is 1. The van der Waals surface area contributed by atoms with Crippen molar-refractivity contribution in [1.82, 2.24) is 9.38 Å². The number of halogens is 2. The zero-order valence-corrected chi connectivity index (χ0v) is 16.3. The van der Waals surface area contributed by atoms with E-state index in [1.165, 1.54) is 23.5 Å². The summed E-state index contributed by atoms with van der Waals surface area (Å²) in [4.78, 5) is 18.1. The fourth-order valence-electron chi connectivity index (χ4n) is 3.31. The van der Waals surface area contributed by atoms with Crippen LogP contribution in [0.2, 0.25) is 0 Å². The summed E-state index contributed by atoms with van der Waals surface area (Å²) in [6.45, 7) is 4.01. The molecule has 7 heteroatoms. The highest BCUT2D eigenvalue weighted by molar-refractivity contribution is 7.15. The van der Waals surface area contributed by atoms with Gasteiger partial charge in [0.2, 0.25) is 0 Å². The molecule has 0 N–H and O–H groups in total. The summed E-state index contributed by atoms with van der Waals surface area (Å²) >= 11 is 1.27. The van der Waals surface area contributed by atoms with E-state index in [2.05, 4.69) is 4.98 Å². The lowest BCUT2D eigenvalue weighted by Crippen LogP contribution is -2.22. The topological polar surface area (TPSA) is 47.5 Å². The van der Waals surface area contributed by atoms with Crippen LogP contribution < -0.4 is 10.1 Å². The molecule has 144 valence electrons. The Morgan fingerprint density at radius 1 is 1.07 bits per heavy atom. The van der Waals surface area contributed by atoms with Gasteiger partial charge in [0.05, 0.1) is 16.6 Å². The van der Waals surface area contributed by atoms with E-state index in [4.69, 9.17) is 4.42 Å². The predicted molar refractivity (Wildman–Crippen MR) is 109 cm³/mol. The summed E-state index contributed by atoms with van der Waals surface area (Å²) in [6, 6.07) is 10.5. The van der Waals surface area contributed by atoms with Crippen molar-refractivity contribution in [2.45, 2.75) is 13.8 Å². The average Bonchev–Trinajstić information content (AvgIpc) is 3.33. The van der Waals surface area contributed by atoms with E-state index in [1.807, 2.05) is 26.0 Å². The molecule has 29 heavy (non-hydrogen) atoms. The largest absolute Gasteiger partial charge is 0.457 e. The first kappa shape index (κ1) is 17.8. The van der Waals surface area contributed by atoms with E-state index in [-0.39, 0.29) is 16.9 Å². The Balaban J connectivity index is 1.63. The number of fused-ring (bicyclic) bond motifs is 3. The van der Waals surface area contributed by atoms with E-state index < -0.39 is 11.6 Å². The summed E-state index contributed by atoms with van der Waals surface area (Å²) < 4.78 is 34.8. The van der Waals surface area contributed by atoms with Crippen molar-refractivity contribution in [3.63, 3.8) is 0 Å². The molecule has 0 aliphatic heterocycles. The maximum Gasteiger partial charge on any atom is 0.275 e. The highest BCUT2D eigenvalue weighted by Gasteiger charge is 2.14. The number of hydrogen-bond donors (Lipinski definition) is 0. The van der Waals surface area contributed by atoms with Gasteiger partial charge in [-0.2, -0.15) is 0 Å². The van der Waals surface area contributed by atoms with Gasteiger partial charge in [-0.25, -0.2) is 18.2 Å². The molecule has 0 bridgehead atoms. The first-order valence-corrected chi connectivity index (χ1v) is 9.71. The lowest BCUT2D eigenvalue weighted by molar-refractivity contribution is 0.554. The van der Waals surface area contributed by atoms with Crippen molar-refractivity contribution < 1.29 is 13.2 Å². The number of benzene rings is 2. The molecule has 3 aromatic heterocycles. The Morgan fingerprint density at radius 2 is 1.86 bits per heavy atom. The number of thiazole rings is 1. The summed E-state index contributed by atoms with van der Waals surface area (Å²) in [5, 5.41) is 0. The zero-order chi connectivity index (χ0) is 20.3. The van der Waals surface area contributed by atoms with Gasteiger partial charge < -0.3 is 4.42 Å². The van der Waals surface area contributed by atoms with Crippen molar-refractivity contribution >= 4 is 33.4 Å². The SMILES string of the molecule is Cc1cc2nc3s/c(=C/c4ccc(-c5ccc(F)cc5F)o4)c(=O)n3c2cc1C. The molecular formula is C22H14F2N2O2S. The molecule has 0 aliphatic carbocycles. The van der Waals surface area contributed by atoms with E-state index in [9.17, 15) is 13.6 Å². The van der Waals surface area contributed by atoms with Crippen molar-refractivity contribution in [1.29, 1.82) is 0 Å². The first-order chi connectivity index (χ1) is 13.9. The van der Waals surface area contributed by atoms with Crippen LogP contribution in [0, 0.1) is 25.5 Å². The second-order valence-electron chi connectivity index (χ2n) is 6.90. The molecule has 0 fully saturated rings. The Bertz CT molecular complexity index is 1530. The summed E-state index contributed by atoms with van der Waals surface area (Å²) in [6.07, 6.45) is 1.61. The molecule has 3 heterocycles. The van der Waals surface area contributed by atoms with Gasteiger partial charge in [-0.1, -0.05) is 11.3 Å². The smallest absolute Gasteiger partial charge is 0.275 e. The molecule has 0 radical (unpaired) electrons. The van der Waals surface area contributed by atoms with Gasteiger partial charge in [0.15, 0.2) is 4.96 Å².